The van der Waals surface area contributed by atoms with E-state index in [0.29, 0.717) is 24.2 Å². The molecule has 0 aliphatic carbocycles. The van der Waals surface area contributed by atoms with Gasteiger partial charge < -0.3 is 4.74 Å². The molecule has 2 aliphatic rings. The minimum Gasteiger partial charge on any atom is -0.463 e. The topological polar surface area (TPSA) is 49.9 Å². The number of esters is 1. The number of hydrazine groups is 1. The van der Waals surface area contributed by atoms with Crippen molar-refractivity contribution in [3.63, 3.8) is 0 Å². The van der Waals surface area contributed by atoms with Gasteiger partial charge in [0.25, 0.3) is 0 Å². The molecular formula is C23H21FN2O3. The molecule has 0 N–H and O–H groups in total. The number of fused-ring (bicyclic) bond motifs is 1. The number of hydrogen-bond acceptors (Lipinski definition) is 4. The fourth-order valence-electron chi connectivity index (χ4n) is 3.79. The first-order valence-corrected chi connectivity index (χ1v) is 9.59. The number of amides is 1. The number of hydrogen-bond donors (Lipinski definition) is 0. The van der Waals surface area contributed by atoms with Crippen LogP contribution in [0.4, 0.5) is 4.39 Å². The van der Waals surface area contributed by atoms with Crippen molar-refractivity contribution in [2.24, 2.45) is 0 Å². The highest BCUT2D eigenvalue weighted by Crippen LogP contribution is 2.44. The van der Waals surface area contributed by atoms with Crippen molar-refractivity contribution in [2.75, 3.05) is 13.2 Å². The summed E-state index contributed by atoms with van der Waals surface area (Å²) in [6.45, 7) is 2.45. The van der Waals surface area contributed by atoms with Crippen LogP contribution >= 0.6 is 0 Å². The third kappa shape index (κ3) is 3.59. The Labute approximate surface area is 168 Å². The van der Waals surface area contributed by atoms with Crippen LogP contribution in [0.5, 0.6) is 0 Å². The summed E-state index contributed by atoms with van der Waals surface area (Å²) in [5, 5.41) is 3.41. The van der Waals surface area contributed by atoms with E-state index < -0.39 is 12.0 Å². The average molecular weight is 392 g/mol. The Balaban J connectivity index is 1.84. The van der Waals surface area contributed by atoms with Crippen LogP contribution in [0, 0.1) is 5.82 Å². The molecule has 0 bridgehead atoms. The number of nitrogens with zero attached hydrogens (tertiary/aromatic N) is 2. The number of benzene rings is 2. The van der Waals surface area contributed by atoms with Gasteiger partial charge in [-0.1, -0.05) is 48.5 Å². The summed E-state index contributed by atoms with van der Waals surface area (Å²) in [7, 11) is 0. The van der Waals surface area contributed by atoms with Crippen molar-refractivity contribution >= 4 is 18.0 Å². The lowest BCUT2D eigenvalue weighted by molar-refractivity contribution is -0.139. The first-order chi connectivity index (χ1) is 14.1. The molecule has 29 heavy (non-hydrogen) atoms. The van der Waals surface area contributed by atoms with Gasteiger partial charge in [-0.3, -0.25) is 4.79 Å². The second kappa shape index (κ2) is 8.01. The van der Waals surface area contributed by atoms with Crippen LogP contribution in [0.2, 0.25) is 0 Å². The van der Waals surface area contributed by atoms with Crippen molar-refractivity contribution in [1.82, 2.24) is 10.0 Å². The molecule has 1 fully saturated rings. The fourth-order valence-corrected chi connectivity index (χ4v) is 3.79. The highest BCUT2D eigenvalue weighted by atomic mass is 19.1. The quantitative estimate of drug-likeness (QED) is 0.725. The van der Waals surface area contributed by atoms with Crippen molar-refractivity contribution < 1.29 is 18.7 Å². The van der Waals surface area contributed by atoms with Gasteiger partial charge >= 0.3 is 5.97 Å². The van der Waals surface area contributed by atoms with Crippen LogP contribution in [0.1, 0.15) is 30.5 Å². The number of carbonyl (C=O) groups excluding carboxylic acids is 2. The molecule has 0 spiro atoms. The van der Waals surface area contributed by atoms with E-state index in [1.807, 2.05) is 41.4 Å². The predicted octanol–water partition coefficient (Wildman–Crippen LogP) is 3.86. The second-order valence-electron chi connectivity index (χ2n) is 6.84. The summed E-state index contributed by atoms with van der Waals surface area (Å²) in [6, 6.07) is 15.1. The number of halogens is 1. The lowest BCUT2D eigenvalue weighted by Gasteiger charge is -2.27. The standard InChI is InChI=1S/C23H21FN2O3/c1-2-29-23(28)21-19(13-8-16-6-4-3-5-7-16)26-20(27)14-15-25(26)22(21)17-9-11-18(24)12-10-17/h3-13,22H,2,14-15H2,1H3/b13-8+. The first-order valence-electron chi connectivity index (χ1n) is 9.59. The summed E-state index contributed by atoms with van der Waals surface area (Å²) >= 11 is 0. The zero-order chi connectivity index (χ0) is 20.4. The predicted molar refractivity (Wildman–Crippen MR) is 106 cm³/mol. The van der Waals surface area contributed by atoms with E-state index in [9.17, 15) is 14.0 Å². The molecular weight excluding hydrogens is 371 g/mol. The van der Waals surface area contributed by atoms with Gasteiger partial charge in [-0.05, 0) is 36.3 Å². The Hall–Kier alpha value is -3.25. The minimum atomic E-state index is -0.503. The monoisotopic (exact) mass is 392 g/mol. The molecule has 0 radical (unpaired) electrons. The molecule has 2 aromatic carbocycles. The van der Waals surface area contributed by atoms with E-state index in [0.717, 1.165) is 11.1 Å². The average Bonchev–Trinajstić information content (AvgIpc) is 3.26. The molecule has 1 saturated heterocycles. The lowest BCUT2D eigenvalue weighted by Crippen LogP contribution is -2.34. The Morgan fingerprint density at radius 2 is 1.86 bits per heavy atom. The molecule has 0 aromatic heterocycles. The molecule has 1 amide bonds. The normalized spacial score (nSPS) is 19.3. The molecule has 1 unspecified atom stereocenters. The first kappa shape index (κ1) is 19.1. The lowest BCUT2D eigenvalue weighted by atomic mass is 9.97. The summed E-state index contributed by atoms with van der Waals surface area (Å²) in [4.78, 5) is 25.5. The van der Waals surface area contributed by atoms with Crippen molar-refractivity contribution in [2.45, 2.75) is 19.4 Å². The molecule has 1 atom stereocenters. The molecule has 5 nitrogen and oxygen atoms in total. The number of allylic oxidation sites excluding steroid dienone is 1. The molecule has 2 aliphatic heterocycles. The van der Waals surface area contributed by atoms with Crippen molar-refractivity contribution in [3.8, 4) is 0 Å². The van der Waals surface area contributed by atoms with Crippen LogP contribution in [0.15, 0.2) is 71.9 Å². The van der Waals surface area contributed by atoms with E-state index in [-0.39, 0.29) is 18.3 Å². The number of ether oxygens (including phenoxy) is 1. The van der Waals surface area contributed by atoms with E-state index in [2.05, 4.69) is 0 Å². The van der Waals surface area contributed by atoms with Crippen LogP contribution < -0.4 is 0 Å². The molecule has 2 aromatic rings. The van der Waals surface area contributed by atoms with Gasteiger partial charge in [-0.15, -0.1) is 0 Å². The van der Waals surface area contributed by atoms with Crippen LogP contribution in [0.25, 0.3) is 6.08 Å². The maximum Gasteiger partial charge on any atom is 0.338 e. The van der Waals surface area contributed by atoms with Gasteiger partial charge in [0.05, 0.1) is 23.9 Å². The van der Waals surface area contributed by atoms with Crippen molar-refractivity contribution in [1.29, 1.82) is 0 Å². The summed E-state index contributed by atoms with van der Waals surface area (Å²) in [5.41, 5.74) is 2.58. The highest BCUT2D eigenvalue weighted by molar-refractivity contribution is 5.95. The molecule has 0 saturated carbocycles. The fraction of sp³-hybridized carbons (Fsp3) is 0.217. The molecule has 148 valence electrons. The van der Waals surface area contributed by atoms with Gasteiger partial charge in [0.1, 0.15) is 5.82 Å². The molecule has 2 heterocycles. The van der Waals surface area contributed by atoms with Crippen LogP contribution in [-0.4, -0.2) is 35.0 Å². The maximum absolute atomic E-state index is 13.5. The smallest absolute Gasteiger partial charge is 0.338 e. The molecule has 6 heteroatoms. The number of rotatable bonds is 5. The van der Waals surface area contributed by atoms with E-state index in [1.165, 1.54) is 12.1 Å². The van der Waals surface area contributed by atoms with Crippen molar-refractivity contribution in [3.05, 3.63) is 88.9 Å². The van der Waals surface area contributed by atoms with Gasteiger partial charge in [0, 0.05) is 13.0 Å². The SMILES string of the molecule is CCOC(=O)C1=C(/C=C/c2ccccc2)N2C(=O)CCN2C1c1ccc(F)cc1. The van der Waals surface area contributed by atoms with E-state index in [4.69, 9.17) is 4.74 Å². The Kier molecular flexibility index (Phi) is 5.27. The van der Waals surface area contributed by atoms with Gasteiger partial charge in [-0.25, -0.2) is 19.2 Å². The summed E-state index contributed by atoms with van der Waals surface area (Å²) in [5.74, 6) is -0.909. The van der Waals surface area contributed by atoms with Gasteiger partial charge in [0.15, 0.2) is 0 Å². The summed E-state index contributed by atoms with van der Waals surface area (Å²) < 4.78 is 18.8. The van der Waals surface area contributed by atoms with Crippen LogP contribution in [0.3, 0.4) is 0 Å². The Bertz CT molecular complexity index is 983. The zero-order valence-corrected chi connectivity index (χ0v) is 16.0. The Morgan fingerprint density at radius 3 is 2.55 bits per heavy atom. The van der Waals surface area contributed by atoms with E-state index >= 15 is 0 Å². The maximum atomic E-state index is 13.5. The highest BCUT2D eigenvalue weighted by Gasteiger charge is 2.48. The van der Waals surface area contributed by atoms with Gasteiger partial charge in [0.2, 0.25) is 5.91 Å². The van der Waals surface area contributed by atoms with Crippen LogP contribution in [-0.2, 0) is 14.3 Å². The Morgan fingerprint density at radius 1 is 1.14 bits per heavy atom. The third-order valence-electron chi connectivity index (χ3n) is 5.04. The van der Waals surface area contributed by atoms with E-state index in [1.54, 1.807) is 30.1 Å². The third-order valence-corrected chi connectivity index (χ3v) is 5.04. The second-order valence-corrected chi connectivity index (χ2v) is 6.84. The molecule has 4 rings (SSSR count). The zero-order valence-electron chi connectivity index (χ0n) is 16.0. The largest absolute Gasteiger partial charge is 0.463 e. The minimum absolute atomic E-state index is 0.0795. The number of carbonyl (C=O) groups is 2. The summed E-state index contributed by atoms with van der Waals surface area (Å²) in [6.07, 6.45) is 4.00. The van der Waals surface area contributed by atoms with Gasteiger partial charge in [-0.2, -0.15) is 0 Å².